The number of epoxide rings is 2. The van der Waals surface area contributed by atoms with Gasteiger partial charge in [-0.05, 0) is 40.0 Å². The van der Waals surface area contributed by atoms with E-state index in [1.54, 1.807) is 7.11 Å². The van der Waals surface area contributed by atoms with Crippen molar-refractivity contribution < 1.29 is 28.5 Å². The van der Waals surface area contributed by atoms with Crippen molar-refractivity contribution in [1.29, 1.82) is 0 Å². The second-order valence-electron chi connectivity index (χ2n) is 8.00. The number of allylic oxidation sites excluding steroid dienone is 1. The Kier molecular flexibility index (Phi) is 5.87. The average molecular weight is 402 g/mol. The molecule has 1 aliphatic carbocycles. The number of carbonyl (C=O) groups excluding carboxylic acids is 2. The summed E-state index contributed by atoms with van der Waals surface area (Å²) in [5, 5.41) is 2.11. The van der Waals surface area contributed by atoms with Gasteiger partial charge in [0, 0.05) is 7.11 Å². The van der Waals surface area contributed by atoms with E-state index in [1.165, 1.54) is 5.57 Å². The summed E-state index contributed by atoms with van der Waals surface area (Å²) < 4.78 is 23.2. The van der Waals surface area contributed by atoms with Crippen LogP contribution in [0.5, 0.6) is 0 Å². The Morgan fingerprint density at radius 3 is 2.63 bits per heavy atom. The quantitative estimate of drug-likeness (QED) is 0.418. The number of halogens is 1. The van der Waals surface area contributed by atoms with Crippen molar-refractivity contribution in [3.05, 3.63) is 11.6 Å². The van der Waals surface area contributed by atoms with Crippen LogP contribution in [0.2, 0.25) is 0 Å². The molecule has 2 saturated heterocycles. The Balaban J connectivity index is 1.73. The van der Waals surface area contributed by atoms with E-state index in [2.05, 4.69) is 32.2 Å². The number of nitrogens with one attached hydrogen (secondary N) is 1. The number of ether oxygens (including phenoxy) is 4. The van der Waals surface area contributed by atoms with Gasteiger partial charge in [0.15, 0.2) is 0 Å². The lowest BCUT2D eigenvalue weighted by molar-refractivity contribution is -0.124. The molecule has 2 amide bonds. The molecular formula is C19H28ClNO6. The molecule has 1 saturated carbocycles. The summed E-state index contributed by atoms with van der Waals surface area (Å²) >= 11 is 5.42. The molecule has 0 bridgehead atoms. The van der Waals surface area contributed by atoms with Gasteiger partial charge in [-0.25, -0.2) is 4.79 Å². The fourth-order valence-corrected chi connectivity index (χ4v) is 4.45. The monoisotopic (exact) mass is 401 g/mol. The number of hydrogen-bond acceptors (Lipinski definition) is 6. The fraction of sp³-hybridized carbons (Fsp3) is 0.789. The van der Waals surface area contributed by atoms with Gasteiger partial charge >= 0.3 is 6.09 Å². The van der Waals surface area contributed by atoms with E-state index in [0.29, 0.717) is 13.0 Å². The van der Waals surface area contributed by atoms with Crippen LogP contribution in [-0.4, -0.2) is 61.1 Å². The first kappa shape index (κ1) is 20.6. The molecule has 0 aromatic heterocycles. The molecule has 3 rings (SSSR count). The van der Waals surface area contributed by atoms with Crippen molar-refractivity contribution in [3.8, 4) is 0 Å². The van der Waals surface area contributed by atoms with Crippen molar-refractivity contribution >= 4 is 23.6 Å². The fourth-order valence-electron chi connectivity index (χ4n) is 4.38. The van der Waals surface area contributed by atoms with Crippen LogP contribution >= 0.6 is 11.6 Å². The van der Waals surface area contributed by atoms with Crippen LogP contribution in [0, 0.1) is 5.92 Å². The molecule has 1 N–H and O–H groups in total. The van der Waals surface area contributed by atoms with Crippen LogP contribution in [0.4, 0.5) is 4.79 Å². The highest BCUT2D eigenvalue weighted by atomic mass is 35.5. The Morgan fingerprint density at radius 1 is 1.37 bits per heavy atom. The Hall–Kier alpha value is -1.15. The predicted molar refractivity (Wildman–Crippen MR) is 98.7 cm³/mol. The van der Waals surface area contributed by atoms with Crippen LogP contribution in [-0.2, 0) is 23.7 Å². The summed E-state index contributed by atoms with van der Waals surface area (Å²) in [6, 6.07) is 0. The van der Waals surface area contributed by atoms with E-state index in [-0.39, 0.29) is 29.6 Å². The summed E-state index contributed by atoms with van der Waals surface area (Å²) in [4.78, 5) is 23.3. The van der Waals surface area contributed by atoms with E-state index in [4.69, 9.17) is 30.5 Å². The number of hydrogen-bond donors (Lipinski definition) is 1. The molecule has 3 aliphatic rings. The van der Waals surface area contributed by atoms with Gasteiger partial charge in [0.05, 0.1) is 18.6 Å². The molecule has 1 spiro atoms. The summed E-state index contributed by atoms with van der Waals surface area (Å²) in [7, 11) is 1.61. The first-order chi connectivity index (χ1) is 12.8. The van der Waals surface area contributed by atoms with Gasteiger partial charge in [-0.1, -0.05) is 11.6 Å². The molecule has 0 aromatic rings. The number of alkyl halides is 1. The van der Waals surface area contributed by atoms with Crippen LogP contribution in [0.15, 0.2) is 11.6 Å². The van der Waals surface area contributed by atoms with E-state index in [0.717, 1.165) is 12.8 Å². The molecule has 27 heavy (non-hydrogen) atoms. The van der Waals surface area contributed by atoms with E-state index in [9.17, 15) is 9.59 Å². The lowest BCUT2D eigenvalue weighted by atomic mass is 9.68. The van der Waals surface area contributed by atoms with Gasteiger partial charge in [0.1, 0.15) is 29.3 Å². The largest absolute Gasteiger partial charge is 0.443 e. The first-order valence-electron chi connectivity index (χ1n) is 9.30. The molecule has 6 atom stereocenters. The zero-order valence-electron chi connectivity index (χ0n) is 16.2. The minimum Gasteiger partial charge on any atom is -0.443 e. The Labute approximate surface area is 164 Å². The third-order valence-corrected chi connectivity index (χ3v) is 6.10. The van der Waals surface area contributed by atoms with Crippen molar-refractivity contribution in [2.24, 2.45) is 5.92 Å². The smallest absolute Gasteiger partial charge is 0.414 e. The molecule has 2 heterocycles. The van der Waals surface area contributed by atoms with Crippen LogP contribution in [0.3, 0.4) is 0 Å². The highest BCUT2D eigenvalue weighted by molar-refractivity contribution is 6.28. The number of rotatable bonds is 6. The number of carbonyl (C=O) groups is 2. The minimum atomic E-state index is -0.804. The van der Waals surface area contributed by atoms with Crippen LogP contribution in [0.1, 0.15) is 40.0 Å². The number of imide groups is 1. The average Bonchev–Trinajstić information content (AvgIpc) is 3.52. The normalized spacial score (nSPS) is 39.6. The standard InChI is InChI=1S/C19H28ClNO6/c1-11(2)5-6-13-18(3,27-13)16-15(24-4)12(7-8-19(16)10-25-19)26-17(23)21-14(22)9-20/h5,12-13,15-16H,6-10H2,1-4H3,(H,21,22,23)/t12-,13?,15-,16-,18-,19+/m1/s1. The van der Waals surface area contributed by atoms with E-state index >= 15 is 0 Å². The lowest BCUT2D eigenvalue weighted by Crippen LogP contribution is -2.56. The van der Waals surface area contributed by atoms with Crippen LogP contribution < -0.4 is 5.32 Å². The second-order valence-corrected chi connectivity index (χ2v) is 8.27. The number of amides is 2. The third-order valence-electron chi connectivity index (χ3n) is 5.86. The van der Waals surface area contributed by atoms with Crippen molar-refractivity contribution in [2.75, 3.05) is 19.6 Å². The second kappa shape index (κ2) is 7.70. The van der Waals surface area contributed by atoms with Crippen molar-refractivity contribution in [3.63, 3.8) is 0 Å². The molecular weight excluding hydrogens is 374 g/mol. The molecule has 3 fully saturated rings. The van der Waals surface area contributed by atoms with Crippen molar-refractivity contribution in [1.82, 2.24) is 5.32 Å². The zero-order chi connectivity index (χ0) is 19.8. The topological polar surface area (TPSA) is 89.7 Å². The van der Waals surface area contributed by atoms with E-state index < -0.39 is 23.7 Å². The predicted octanol–water partition coefficient (Wildman–Crippen LogP) is 2.55. The molecule has 0 aromatic carbocycles. The SMILES string of the molecule is CO[C@@H]1[C@H](OC(=O)NC(=O)CCl)CC[C@]2(CO2)[C@H]1[C@]1(C)OC1CC=C(C)C. The van der Waals surface area contributed by atoms with Gasteiger partial charge in [-0.3, -0.25) is 10.1 Å². The molecule has 8 heteroatoms. The maximum Gasteiger partial charge on any atom is 0.414 e. The molecule has 2 aliphatic heterocycles. The van der Waals surface area contributed by atoms with E-state index in [1.807, 2.05) is 0 Å². The minimum absolute atomic E-state index is 0.0548. The van der Waals surface area contributed by atoms with Gasteiger partial charge in [0.25, 0.3) is 0 Å². The summed E-state index contributed by atoms with van der Waals surface area (Å²) in [5.74, 6) is -0.949. The third kappa shape index (κ3) is 4.16. The Bertz CT molecular complexity index is 630. The van der Waals surface area contributed by atoms with Gasteiger partial charge < -0.3 is 18.9 Å². The first-order valence-corrected chi connectivity index (χ1v) is 9.83. The molecule has 7 nitrogen and oxygen atoms in total. The summed E-state index contributed by atoms with van der Waals surface area (Å²) in [6.45, 7) is 6.87. The van der Waals surface area contributed by atoms with Gasteiger partial charge in [-0.2, -0.15) is 0 Å². The molecule has 152 valence electrons. The summed E-state index contributed by atoms with van der Waals surface area (Å²) in [5.41, 5.74) is 0.574. The maximum atomic E-state index is 12.0. The number of alkyl carbamates (subject to hydrolysis) is 1. The van der Waals surface area contributed by atoms with Crippen molar-refractivity contribution in [2.45, 2.75) is 69.5 Å². The Morgan fingerprint density at radius 2 is 2.07 bits per heavy atom. The van der Waals surface area contributed by atoms with Gasteiger partial charge in [0.2, 0.25) is 5.91 Å². The highest BCUT2D eigenvalue weighted by Gasteiger charge is 2.72. The summed E-state index contributed by atoms with van der Waals surface area (Å²) in [6.07, 6.45) is 2.78. The maximum absolute atomic E-state index is 12.0. The van der Waals surface area contributed by atoms with Crippen LogP contribution in [0.25, 0.3) is 0 Å². The highest BCUT2D eigenvalue weighted by Crippen LogP contribution is 2.59. The molecule has 1 unspecified atom stereocenters. The lowest BCUT2D eigenvalue weighted by Gasteiger charge is -2.42. The van der Waals surface area contributed by atoms with Gasteiger partial charge in [-0.15, -0.1) is 11.6 Å². The number of methoxy groups -OCH3 is 1. The molecule has 0 radical (unpaired) electrons. The zero-order valence-corrected chi connectivity index (χ0v) is 17.0.